The molecule has 6 nitrogen and oxygen atoms in total. The quantitative estimate of drug-likeness (QED) is 0.767. The largest absolute Gasteiger partial charge is 0.319 e. The molecule has 0 aliphatic rings. The molecule has 0 amide bonds. The Labute approximate surface area is 91.6 Å². The van der Waals surface area contributed by atoms with Crippen LogP contribution in [0, 0.1) is 0 Å². The Bertz CT molecular complexity index is 549. The fourth-order valence-corrected chi connectivity index (χ4v) is 2.05. The molecule has 0 aromatic heterocycles. The first-order valence-electron chi connectivity index (χ1n) is 3.54. The van der Waals surface area contributed by atoms with Gasteiger partial charge in [-0.1, -0.05) is 0 Å². The van der Waals surface area contributed by atoms with Gasteiger partial charge in [-0.05, 0) is 24.3 Å². The molecule has 1 aromatic carbocycles. The topological polar surface area (TPSA) is 106 Å². The normalized spacial score (nSPS) is 12.4. The molecular formula is C6H7ClN2O4S2. The van der Waals surface area contributed by atoms with Crippen molar-refractivity contribution in [3.63, 3.8) is 0 Å². The van der Waals surface area contributed by atoms with Crippen LogP contribution in [0.2, 0.25) is 0 Å². The number of primary sulfonamides is 1. The molecular weight excluding hydrogens is 264 g/mol. The molecule has 84 valence electrons. The van der Waals surface area contributed by atoms with Crippen molar-refractivity contribution in [2.75, 3.05) is 4.72 Å². The Morgan fingerprint density at radius 1 is 1.07 bits per heavy atom. The fraction of sp³-hybridized carbons (Fsp3) is 0. The van der Waals surface area contributed by atoms with E-state index in [1.165, 1.54) is 24.3 Å². The van der Waals surface area contributed by atoms with Gasteiger partial charge in [0.25, 0.3) is 0 Å². The lowest BCUT2D eigenvalue weighted by atomic mass is 10.3. The van der Waals surface area contributed by atoms with Crippen molar-refractivity contribution in [1.29, 1.82) is 0 Å². The molecule has 0 radical (unpaired) electrons. The summed E-state index contributed by atoms with van der Waals surface area (Å²) < 4.78 is 44.8. The van der Waals surface area contributed by atoms with Crippen molar-refractivity contribution in [3.8, 4) is 0 Å². The number of benzene rings is 1. The Hall–Kier alpha value is -0.830. The summed E-state index contributed by atoms with van der Waals surface area (Å²) in [5, 5.41) is 4.84. The first kappa shape index (κ1) is 12.2. The molecule has 0 spiro atoms. The molecule has 0 saturated heterocycles. The summed E-state index contributed by atoms with van der Waals surface area (Å²) in [6.45, 7) is 0. The van der Waals surface area contributed by atoms with Gasteiger partial charge >= 0.3 is 9.24 Å². The number of hydrogen-bond acceptors (Lipinski definition) is 4. The van der Waals surface area contributed by atoms with Gasteiger partial charge in [-0.2, -0.15) is 8.42 Å². The third-order valence-electron chi connectivity index (χ3n) is 1.42. The summed E-state index contributed by atoms with van der Waals surface area (Å²) in [5.74, 6) is 0. The van der Waals surface area contributed by atoms with Gasteiger partial charge in [0.2, 0.25) is 10.0 Å². The molecule has 9 heteroatoms. The summed E-state index contributed by atoms with van der Waals surface area (Å²) >= 11 is 0. The first-order chi connectivity index (χ1) is 6.68. The molecule has 0 atom stereocenters. The Kier molecular flexibility index (Phi) is 3.24. The molecule has 1 aromatic rings. The molecule has 0 aliphatic heterocycles. The molecule has 3 N–H and O–H groups in total. The highest BCUT2D eigenvalue weighted by atomic mass is 35.7. The summed E-state index contributed by atoms with van der Waals surface area (Å²) in [7, 11) is -2.74. The van der Waals surface area contributed by atoms with E-state index in [0.29, 0.717) is 0 Å². The van der Waals surface area contributed by atoms with Crippen LogP contribution in [0.25, 0.3) is 0 Å². The molecule has 0 saturated carbocycles. The average molecular weight is 271 g/mol. The van der Waals surface area contributed by atoms with Gasteiger partial charge < -0.3 is 0 Å². The SMILES string of the molecule is NS(=O)(=O)c1ccc(NS(=O)(=O)Cl)cc1. The van der Waals surface area contributed by atoms with Gasteiger partial charge in [0.05, 0.1) is 4.90 Å². The predicted molar refractivity (Wildman–Crippen MR) is 56.2 cm³/mol. The number of halogens is 1. The summed E-state index contributed by atoms with van der Waals surface area (Å²) in [5.41, 5.74) is 0.150. The van der Waals surface area contributed by atoms with Crippen LogP contribution in [0.4, 0.5) is 5.69 Å². The molecule has 0 heterocycles. The second kappa shape index (κ2) is 3.97. The lowest BCUT2D eigenvalue weighted by Gasteiger charge is -2.02. The maximum Gasteiger partial charge on any atom is 0.319 e. The molecule has 0 unspecified atom stereocenters. The highest BCUT2D eigenvalue weighted by Crippen LogP contribution is 2.14. The number of nitrogens with two attached hydrogens (primary N) is 1. The number of anilines is 1. The third-order valence-corrected chi connectivity index (χ3v) is 3.06. The first-order valence-corrected chi connectivity index (χ1v) is 7.39. The van der Waals surface area contributed by atoms with Crippen molar-refractivity contribution in [2.24, 2.45) is 5.14 Å². The van der Waals surface area contributed by atoms with Gasteiger partial charge in [-0.25, -0.2) is 13.6 Å². The number of rotatable bonds is 3. The third kappa shape index (κ3) is 4.04. The number of hydrogen-bond donors (Lipinski definition) is 2. The van der Waals surface area contributed by atoms with E-state index in [2.05, 4.69) is 0 Å². The van der Waals surface area contributed by atoms with E-state index in [1.54, 1.807) is 0 Å². The minimum atomic E-state index is -3.88. The minimum absolute atomic E-state index is 0.111. The second-order valence-corrected chi connectivity index (χ2v) is 6.47. The summed E-state index contributed by atoms with van der Waals surface area (Å²) in [4.78, 5) is -0.111. The van der Waals surface area contributed by atoms with E-state index < -0.39 is 19.3 Å². The average Bonchev–Trinajstić information content (AvgIpc) is 2.00. The highest BCUT2D eigenvalue weighted by Gasteiger charge is 2.08. The van der Waals surface area contributed by atoms with E-state index in [0.717, 1.165) is 0 Å². The van der Waals surface area contributed by atoms with Crippen LogP contribution in [-0.4, -0.2) is 16.8 Å². The predicted octanol–water partition coefficient (Wildman–Crippen LogP) is 0.230. The van der Waals surface area contributed by atoms with E-state index >= 15 is 0 Å². The zero-order valence-corrected chi connectivity index (χ0v) is 9.60. The molecule has 15 heavy (non-hydrogen) atoms. The van der Waals surface area contributed by atoms with Gasteiger partial charge in [0, 0.05) is 16.4 Å². The maximum atomic E-state index is 10.8. The minimum Gasteiger partial charge on any atom is -0.271 e. The van der Waals surface area contributed by atoms with E-state index in [1.807, 2.05) is 4.72 Å². The fourth-order valence-electron chi connectivity index (χ4n) is 0.853. The molecule has 1 rings (SSSR count). The zero-order chi connectivity index (χ0) is 11.7. The highest BCUT2D eigenvalue weighted by molar-refractivity contribution is 8.14. The van der Waals surface area contributed by atoms with E-state index in [-0.39, 0.29) is 10.6 Å². The Morgan fingerprint density at radius 2 is 1.53 bits per heavy atom. The van der Waals surface area contributed by atoms with Crippen molar-refractivity contribution in [2.45, 2.75) is 4.90 Å². The summed E-state index contributed by atoms with van der Waals surface area (Å²) in [6.07, 6.45) is 0. The van der Waals surface area contributed by atoms with E-state index in [4.69, 9.17) is 15.8 Å². The number of sulfonamides is 1. The lowest BCUT2D eigenvalue weighted by molar-refractivity contribution is 0.597. The lowest BCUT2D eigenvalue weighted by Crippen LogP contribution is -2.12. The van der Waals surface area contributed by atoms with Crippen molar-refractivity contribution in [1.82, 2.24) is 0 Å². The maximum absolute atomic E-state index is 10.8. The van der Waals surface area contributed by atoms with Gasteiger partial charge in [-0.15, -0.1) is 0 Å². The summed E-state index contributed by atoms with van der Waals surface area (Å²) in [6, 6.07) is 4.80. The van der Waals surface area contributed by atoms with Crippen molar-refractivity contribution >= 4 is 35.6 Å². The second-order valence-electron chi connectivity index (χ2n) is 2.61. The molecule has 0 bridgehead atoms. The van der Waals surface area contributed by atoms with Crippen LogP contribution in [-0.2, 0) is 19.3 Å². The smallest absolute Gasteiger partial charge is 0.271 e. The molecule has 0 fully saturated rings. The monoisotopic (exact) mass is 270 g/mol. The molecule has 0 aliphatic carbocycles. The Morgan fingerprint density at radius 3 is 1.87 bits per heavy atom. The van der Waals surface area contributed by atoms with Gasteiger partial charge in [0.1, 0.15) is 0 Å². The van der Waals surface area contributed by atoms with Crippen LogP contribution in [0.5, 0.6) is 0 Å². The van der Waals surface area contributed by atoms with E-state index in [9.17, 15) is 16.8 Å². The van der Waals surface area contributed by atoms with Crippen LogP contribution in [0.1, 0.15) is 0 Å². The zero-order valence-electron chi connectivity index (χ0n) is 7.21. The van der Waals surface area contributed by atoms with Gasteiger partial charge in [0.15, 0.2) is 0 Å². The number of nitrogens with one attached hydrogen (secondary N) is 1. The van der Waals surface area contributed by atoms with Crippen molar-refractivity contribution < 1.29 is 16.8 Å². The van der Waals surface area contributed by atoms with Crippen LogP contribution in [0.3, 0.4) is 0 Å². The van der Waals surface area contributed by atoms with Crippen LogP contribution in [0.15, 0.2) is 29.2 Å². The van der Waals surface area contributed by atoms with Crippen LogP contribution >= 0.6 is 10.7 Å². The van der Waals surface area contributed by atoms with Crippen molar-refractivity contribution in [3.05, 3.63) is 24.3 Å². The Balaban J connectivity index is 3.02. The van der Waals surface area contributed by atoms with Gasteiger partial charge in [-0.3, -0.25) is 4.72 Å². The standard InChI is InChI=1S/C6H7ClN2O4S2/c7-15(12,13)9-5-1-3-6(4-2-5)14(8,10)11/h1-4,9H,(H2,8,10,11). The van der Waals surface area contributed by atoms with Crippen LogP contribution < -0.4 is 9.86 Å².